The molecular formula is C9H7ClN2. The topological polar surface area (TPSA) is 36.7 Å². The number of hydrogen-bond acceptors (Lipinski definition) is 2. The van der Waals surface area contributed by atoms with Crippen LogP contribution in [0, 0.1) is 11.3 Å². The summed E-state index contributed by atoms with van der Waals surface area (Å²) in [6.45, 7) is 0. The van der Waals surface area contributed by atoms with E-state index in [1.807, 2.05) is 6.07 Å². The average Bonchev–Trinajstić information content (AvgIpc) is 2.05. The minimum absolute atomic E-state index is 0.397. The largest absolute Gasteiger partial charge is 0.257 e. The van der Waals surface area contributed by atoms with Crippen molar-refractivity contribution in [1.29, 1.82) is 5.26 Å². The van der Waals surface area contributed by atoms with Gasteiger partial charge in [0.25, 0.3) is 0 Å². The Kier molecular flexibility index (Phi) is 3.31. The number of allylic oxidation sites excluding steroid dienone is 1. The van der Waals surface area contributed by atoms with Crippen molar-refractivity contribution in [2.75, 3.05) is 0 Å². The Labute approximate surface area is 76.1 Å². The fourth-order valence-electron chi connectivity index (χ4n) is 0.745. The van der Waals surface area contributed by atoms with Crippen molar-refractivity contribution in [2.45, 2.75) is 6.42 Å². The first-order chi connectivity index (χ1) is 5.83. The Bertz CT molecular complexity index is 326. The van der Waals surface area contributed by atoms with E-state index < -0.39 is 0 Å². The number of nitriles is 1. The Morgan fingerprint density at radius 1 is 1.67 bits per heavy atom. The highest BCUT2D eigenvalue weighted by molar-refractivity contribution is 6.30. The molecule has 1 heterocycles. The second kappa shape index (κ2) is 4.53. The maximum Gasteiger partial charge on any atom is 0.0663 e. The summed E-state index contributed by atoms with van der Waals surface area (Å²) in [6.07, 6.45) is 5.55. The first kappa shape index (κ1) is 8.76. The second-order valence-electron chi connectivity index (χ2n) is 2.16. The van der Waals surface area contributed by atoms with Gasteiger partial charge in [0.15, 0.2) is 0 Å². The van der Waals surface area contributed by atoms with E-state index in [1.165, 1.54) is 0 Å². The van der Waals surface area contributed by atoms with Gasteiger partial charge in [0.1, 0.15) is 0 Å². The molecule has 0 bridgehead atoms. The third kappa shape index (κ3) is 2.73. The molecule has 0 aliphatic heterocycles. The predicted octanol–water partition coefficient (Wildman–Crippen LogP) is 2.66. The number of halogens is 1. The van der Waals surface area contributed by atoms with Crippen molar-refractivity contribution < 1.29 is 0 Å². The van der Waals surface area contributed by atoms with E-state index >= 15 is 0 Å². The van der Waals surface area contributed by atoms with Crippen LogP contribution in [-0.4, -0.2) is 4.98 Å². The molecule has 1 rings (SSSR count). The molecule has 0 spiro atoms. The lowest BCUT2D eigenvalue weighted by atomic mass is 10.3. The van der Waals surface area contributed by atoms with Crippen LogP contribution < -0.4 is 0 Å². The maximum absolute atomic E-state index is 8.25. The molecule has 0 aliphatic carbocycles. The summed E-state index contributed by atoms with van der Waals surface area (Å²) in [5, 5.41) is 8.91. The van der Waals surface area contributed by atoms with Gasteiger partial charge in [-0.3, -0.25) is 4.98 Å². The van der Waals surface area contributed by atoms with Crippen LogP contribution in [0.1, 0.15) is 12.1 Å². The minimum atomic E-state index is 0.397. The van der Waals surface area contributed by atoms with Crippen LogP contribution in [0.2, 0.25) is 5.02 Å². The van der Waals surface area contributed by atoms with Gasteiger partial charge in [0.05, 0.1) is 18.2 Å². The molecule has 0 saturated heterocycles. The lowest BCUT2D eigenvalue weighted by molar-refractivity contribution is 1.29. The highest BCUT2D eigenvalue weighted by atomic mass is 35.5. The SMILES string of the molecule is N#CCC=Cc1cc(Cl)ccn1. The predicted molar refractivity (Wildman–Crippen MR) is 48.5 cm³/mol. The van der Waals surface area contributed by atoms with Crippen molar-refractivity contribution in [2.24, 2.45) is 0 Å². The van der Waals surface area contributed by atoms with E-state index in [-0.39, 0.29) is 0 Å². The molecule has 0 N–H and O–H groups in total. The van der Waals surface area contributed by atoms with Crippen LogP contribution in [0.25, 0.3) is 6.08 Å². The fraction of sp³-hybridized carbons (Fsp3) is 0.111. The Balaban J connectivity index is 2.71. The van der Waals surface area contributed by atoms with E-state index in [2.05, 4.69) is 4.98 Å². The van der Waals surface area contributed by atoms with Gasteiger partial charge in [-0.15, -0.1) is 0 Å². The fourth-order valence-corrected chi connectivity index (χ4v) is 0.913. The molecule has 0 amide bonds. The molecular weight excluding hydrogens is 172 g/mol. The van der Waals surface area contributed by atoms with Crippen molar-refractivity contribution >= 4 is 17.7 Å². The number of pyridine rings is 1. The summed E-state index contributed by atoms with van der Waals surface area (Å²) >= 11 is 5.72. The molecule has 0 atom stereocenters. The van der Waals surface area contributed by atoms with Gasteiger partial charge in [-0.25, -0.2) is 0 Å². The van der Waals surface area contributed by atoms with Crippen molar-refractivity contribution in [3.05, 3.63) is 35.1 Å². The summed E-state index contributed by atoms with van der Waals surface area (Å²) in [6, 6.07) is 5.46. The van der Waals surface area contributed by atoms with Crippen molar-refractivity contribution in [3.8, 4) is 6.07 Å². The zero-order valence-corrected chi connectivity index (χ0v) is 7.12. The smallest absolute Gasteiger partial charge is 0.0663 e. The molecule has 60 valence electrons. The molecule has 3 heteroatoms. The van der Waals surface area contributed by atoms with Crippen LogP contribution in [-0.2, 0) is 0 Å². The molecule has 12 heavy (non-hydrogen) atoms. The van der Waals surface area contributed by atoms with Gasteiger partial charge in [0.2, 0.25) is 0 Å². The summed E-state index contributed by atoms with van der Waals surface area (Å²) in [5.41, 5.74) is 0.776. The lowest BCUT2D eigenvalue weighted by Crippen LogP contribution is -1.77. The van der Waals surface area contributed by atoms with E-state index in [1.54, 1.807) is 30.5 Å². The average molecular weight is 179 g/mol. The highest BCUT2D eigenvalue weighted by Gasteiger charge is 1.88. The third-order valence-electron chi connectivity index (χ3n) is 1.24. The number of aromatic nitrogens is 1. The molecule has 0 aromatic carbocycles. The zero-order valence-electron chi connectivity index (χ0n) is 6.37. The third-order valence-corrected chi connectivity index (χ3v) is 1.48. The van der Waals surface area contributed by atoms with Gasteiger partial charge >= 0.3 is 0 Å². The summed E-state index contributed by atoms with van der Waals surface area (Å²) in [4.78, 5) is 4.03. The Hall–Kier alpha value is -1.33. The lowest BCUT2D eigenvalue weighted by Gasteiger charge is -1.91. The van der Waals surface area contributed by atoms with Gasteiger partial charge < -0.3 is 0 Å². The molecule has 0 aliphatic rings. The number of rotatable bonds is 2. The van der Waals surface area contributed by atoms with Crippen LogP contribution in [0.4, 0.5) is 0 Å². The van der Waals surface area contributed by atoms with Gasteiger partial charge in [0, 0.05) is 11.2 Å². The van der Waals surface area contributed by atoms with Crippen LogP contribution in [0.3, 0.4) is 0 Å². The van der Waals surface area contributed by atoms with Gasteiger partial charge in [-0.05, 0) is 18.2 Å². The second-order valence-corrected chi connectivity index (χ2v) is 2.60. The Morgan fingerprint density at radius 3 is 3.17 bits per heavy atom. The van der Waals surface area contributed by atoms with E-state index in [0.717, 1.165) is 5.69 Å². The quantitative estimate of drug-likeness (QED) is 0.698. The number of hydrogen-bond donors (Lipinski definition) is 0. The summed E-state index contributed by atoms with van der Waals surface area (Å²) in [5.74, 6) is 0. The first-order valence-electron chi connectivity index (χ1n) is 3.48. The van der Waals surface area contributed by atoms with Crippen LogP contribution in [0.5, 0.6) is 0 Å². The maximum atomic E-state index is 8.25. The molecule has 1 aromatic heterocycles. The number of nitrogens with zero attached hydrogens (tertiary/aromatic N) is 2. The molecule has 0 fully saturated rings. The molecule has 2 nitrogen and oxygen atoms in total. The van der Waals surface area contributed by atoms with E-state index in [9.17, 15) is 0 Å². The van der Waals surface area contributed by atoms with Crippen LogP contribution in [0.15, 0.2) is 24.4 Å². The van der Waals surface area contributed by atoms with Crippen molar-refractivity contribution in [1.82, 2.24) is 4.98 Å². The zero-order chi connectivity index (χ0) is 8.81. The molecule has 0 saturated carbocycles. The van der Waals surface area contributed by atoms with Crippen molar-refractivity contribution in [3.63, 3.8) is 0 Å². The molecule has 0 radical (unpaired) electrons. The first-order valence-corrected chi connectivity index (χ1v) is 3.86. The normalized spacial score (nSPS) is 10.0. The van der Waals surface area contributed by atoms with E-state index in [4.69, 9.17) is 16.9 Å². The Morgan fingerprint density at radius 2 is 2.50 bits per heavy atom. The van der Waals surface area contributed by atoms with Crippen LogP contribution >= 0.6 is 11.6 Å². The van der Waals surface area contributed by atoms with Gasteiger partial charge in [-0.1, -0.05) is 17.7 Å². The highest BCUT2D eigenvalue weighted by Crippen LogP contribution is 2.08. The monoisotopic (exact) mass is 178 g/mol. The summed E-state index contributed by atoms with van der Waals surface area (Å²) < 4.78 is 0. The summed E-state index contributed by atoms with van der Waals surface area (Å²) in [7, 11) is 0. The standard InChI is InChI=1S/C9H7ClN2/c10-8-4-6-12-9(7-8)3-1-2-5-11/h1,3-4,6-7H,2H2. The van der Waals surface area contributed by atoms with Gasteiger partial charge in [-0.2, -0.15) is 5.26 Å². The molecule has 1 aromatic rings. The van der Waals surface area contributed by atoms with E-state index in [0.29, 0.717) is 11.4 Å². The minimum Gasteiger partial charge on any atom is -0.257 e. The molecule has 0 unspecified atom stereocenters.